The Morgan fingerprint density at radius 1 is 1.69 bits per heavy atom. The second-order valence-electron chi connectivity index (χ2n) is 3.74. The number of nitriles is 1. The van der Waals surface area contributed by atoms with Crippen molar-refractivity contribution in [1.82, 2.24) is 0 Å². The molecule has 13 heavy (non-hydrogen) atoms. The molecule has 0 heterocycles. The van der Waals surface area contributed by atoms with Gasteiger partial charge in [-0.15, -0.1) is 0 Å². The lowest BCUT2D eigenvalue weighted by Crippen LogP contribution is -2.23. The zero-order valence-corrected chi connectivity index (χ0v) is 8.34. The highest BCUT2D eigenvalue weighted by Crippen LogP contribution is 2.39. The normalized spacial score (nSPS) is 34.4. The molecular formula is C8H13NO3S. The second kappa shape index (κ2) is 3.28. The minimum Gasteiger partial charge on any atom is -0.395 e. The Morgan fingerprint density at radius 2 is 2.31 bits per heavy atom. The lowest BCUT2D eigenvalue weighted by atomic mass is 9.89. The summed E-state index contributed by atoms with van der Waals surface area (Å²) in [6.45, 7) is -0.241. The molecule has 1 rings (SSSR count). The zero-order chi connectivity index (χ0) is 10.1. The van der Waals surface area contributed by atoms with Gasteiger partial charge >= 0.3 is 0 Å². The Labute approximate surface area is 78.1 Å². The first-order chi connectivity index (χ1) is 5.93. The smallest absolute Gasteiger partial charge is 0.150 e. The highest BCUT2D eigenvalue weighted by molar-refractivity contribution is 7.91. The van der Waals surface area contributed by atoms with Gasteiger partial charge in [0.1, 0.15) is 9.84 Å². The molecule has 2 atom stereocenters. The van der Waals surface area contributed by atoms with Gasteiger partial charge in [-0.1, -0.05) is 0 Å². The van der Waals surface area contributed by atoms with E-state index in [1.54, 1.807) is 0 Å². The first kappa shape index (κ1) is 10.5. The Kier molecular flexibility index (Phi) is 2.64. The van der Waals surface area contributed by atoms with Gasteiger partial charge in [0.15, 0.2) is 0 Å². The molecule has 0 aromatic carbocycles. The highest BCUT2D eigenvalue weighted by atomic mass is 32.2. The topological polar surface area (TPSA) is 78.2 Å². The molecular weight excluding hydrogens is 190 g/mol. The van der Waals surface area contributed by atoms with Crippen molar-refractivity contribution >= 4 is 9.84 Å². The summed E-state index contributed by atoms with van der Waals surface area (Å²) >= 11 is 0. The van der Waals surface area contributed by atoms with Crippen molar-refractivity contribution < 1.29 is 13.5 Å². The monoisotopic (exact) mass is 203 g/mol. The number of sulfone groups is 1. The summed E-state index contributed by atoms with van der Waals surface area (Å²) in [6, 6.07) is 2.01. The summed E-state index contributed by atoms with van der Waals surface area (Å²) in [5.74, 6) is 0. The lowest BCUT2D eigenvalue weighted by molar-refractivity contribution is 0.180. The van der Waals surface area contributed by atoms with Crippen molar-refractivity contribution in [2.24, 2.45) is 5.41 Å². The van der Waals surface area contributed by atoms with Crippen LogP contribution in [0.4, 0.5) is 0 Å². The summed E-state index contributed by atoms with van der Waals surface area (Å²) in [7, 11) is -3.06. The SMILES string of the molecule is CS(=O)(=O)C1CCC(C#N)(CO)C1. The summed E-state index contributed by atoms with van der Waals surface area (Å²) < 4.78 is 22.3. The number of hydrogen-bond acceptors (Lipinski definition) is 4. The van der Waals surface area contributed by atoms with E-state index >= 15 is 0 Å². The molecule has 5 heteroatoms. The average Bonchev–Trinajstić information content (AvgIpc) is 2.48. The minimum atomic E-state index is -3.06. The standard InChI is InChI=1S/C8H13NO3S/c1-13(11,12)7-2-3-8(4-7,5-9)6-10/h7,10H,2-4,6H2,1H3. The van der Waals surface area contributed by atoms with Crippen LogP contribution in [-0.2, 0) is 9.84 Å². The first-order valence-electron chi connectivity index (χ1n) is 4.14. The molecule has 0 amide bonds. The fourth-order valence-corrected chi connectivity index (χ4v) is 2.89. The van der Waals surface area contributed by atoms with Gasteiger partial charge in [0.05, 0.1) is 23.3 Å². The lowest BCUT2D eigenvalue weighted by Gasteiger charge is -2.16. The predicted octanol–water partition coefficient (Wildman–Crippen LogP) is 0.0858. The first-order valence-corrected chi connectivity index (χ1v) is 6.10. The van der Waals surface area contributed by atoms with Gasteiger partial charge in [0.2, 0.25) is 0 Å². The van der Waals surface area contributed by atoms with Gasteiger partial charge in [-0.2, -0.15) is 5.26 Å². The van der Waals surface area contributed by atoms with E-state index in [2.05, 4.69) is 0 Å². The van der Waals surface area contributed by atoms with Crippen LogP contribution in [-0.4, -0.2) is 31.6 Å². The fourth-order valence-electron chi connectivity index (χ4n) is 1.72. The van der Waals surface area contributed by atoms with E-state index in [1.165, 1.54) is 6.26 Å². The molecule has 0 aliphatic heterocycles. The molecule has 0 radical (unpaired) electrons. The molecule has 74 valence electrons. The molecule has 1 saturated carbocycles. The van der Waals surface area contributed by atoms with Crippen LogP contribution in [0, 0.1) is 16.7 Å². The van der Waals surface area contributed by atoms with Crippen molar-refractivity contribution in [3.63, 3.8) is 0 Å². The second-order valence-corrected chi connectivity index (χ2v) is 6.07. The molecule has 1 N–H and O–H groups in total. The number of nitrogens with zero attached hydrogens (tertiary/aromatic N) is 1. The molecule has 0 spiro atoms. The third kappa shape index (κ3) is 2.01. The van der Waals surface area contributed by atoms with Crippen molar-refractivity contribution in [2.45, 2.75) is 24.5 Å². The van der Waals surface area contributed by atoms with E-state index < -0.39 is 20.5 Å². The van der Waals surface area contributed by atoms with E-state index in [1.807, 2.05) is 6.07 Å². The quantitative estimate of drug-likeness (QED) is 0.689. The summed E-state index contributed by atoms with van der Waals surface area (Å²) in [4.78, 5) is 0. The van der Waals surface area contributed by atoms with Crippen molar-refractivity contribution in [1.29, 1.82) is 5.26 Å². The predicted molar refractivity (Wildman–Crippen MR) is 47.6 cm³/mol. The summed E-state index contributed by atoms with van der Waals surface area (Å²) in [5.41, 5.74) is -0.812. The van der Waals surface area contributed by atoms with E-state index in [4.69, 9.17) is 10.4 Å². The van der Waals surface area contributed by atoms with Gasteiger partial charge in [-0.25, -0.2) is 8.42 Å². The van der Waals surface area contributed by atoms with Crippen molar-refractivity contribution in [3.8, 4) is 6.07 Å². The van der Waals surface area contributed by atoms with E-state index in [9.17, 15) is 8.42 Å². The van der Waals surface area contributed by atoms with Crippen LogP contribution in [0.15, 0.2) is 0 Å². The minimum absolute atomic E-state index is 0.241. The maximum atomic E-state index is 11.2. The zero-order valence-electron chi connectivity index (χ0n) is 7.52. The molecule has 2 unspecified atom stereocenters. The van der Waals surface area contributed by atoms with Crippen LogP contribution in [0.1, 0.15) is 19.3 Å². The average molecular weight is 203 g/mol. The number of hydrogen-bond donors (Lipinski definition) is 1. The Balaban J connectivity index is 2.81. The third-order valence-electron chi connectivity index (χ3n) is 2.71. The van der Waals surface area contributed by atoms with E-state index in [-0.39, 0.29) is 13.0 Å². The maximum Gasteiger partial charge on any atom is 0.150 e. The van der Waals surface area contributed by atoms with E-state index in [0.29, 0.717) is 12.8 Å². The molecule has 1 fully saturated rings. The van der Waals surface area contributed by atoms with Crippen LogP contribution in [0.3, 0.4) is 0 Å². The van der Waals surface area contributed by atoms with Gasteiger partial charge in [0, 0.05) is 6.26 Å². The van der Waals surface area contributed by atoms with Crippen molar-refractivity contribution in [3.05, 3.63) is 0 Å². The van der Waals surface area contributed by atoms with Crippen LogP contribution < -0.4 is 0 Å². The molecule has 4 nitrogen and oxygen atoms in total. The highest BCUT2D eigenvalue weighted by Gasteiger charge is 2.42. The molecule has 0 aromatic heterocycles. The Hall–Kier alpha value is -0.600. The van der Waals surface area contributed by atoms with Gasteiger partial charge in [0.25, 0.3) is 0 Å². The maximum absolute atomic E-state index is 11.2. The molecule has 0 bridgehead atoms. The van der Waals surface area contributed by atoms with Crippen molar-refractivity contribution in [2.75, 3.05) is 12.9 Å². The van der Waals surface area contributed by atoms with Crippen LogP contribution >= 0.6 is 0 Å². The van der Waals surface area contributed by atoms with Crippen LogP contribution in [0.2, 0.25) is 0 Å². The van der Waals surface area contributed by atoms with Gasteiger partial charge in [-0.05, 0) is 19.3 Å². The van der Waals surface area contributed by atoms with Gasteiger partial charge in [-0.3, -0.25) is 0 Å². The number of aliphatic hydroxyl groups excluding tert-OH is 1. The molecule has 1 aliphatic carbocycles. The largest absolute Gasteiger partial charge is 0.395 e. The summed E-state index contributed by atoms with van der Waals surface area (Å²) in [5, 5.41) is 17.3. The van der Waals surface area contributed by atoms with E-state index in [0.717, 1.165) is 0 Å². The van der Waals surface area contributed by atoms with Crippen LogP contribution in [0.5, 0.6) is 0 Å². The molecule has 1 aliphatic rings. The third-order valence-corrected chi connectivity index (χ3v) is 4.32. The Morgan fingerprint density at radius 3 is 2.54 bits per heavy atom. The summed E-state index contributed by atoms with van der Waals surface area (Å²) in [6.07, 6.45) is 2.44. The molecule has 0 saturated heterocycles. The number of rotatable bonds is 2. The fraction of sp³-hybridized carbons (Fsp3) is 0.875. The number of aliphatic hydroxyl groups is 1. The van der Waals surface area contributed by atoms with Crippen LogP contribution in [0.25, 0.3) is 0 Å². The molecule has 0 aromatic rings. The Bertz CT molecular complexity index is 330. The van der Waals surface area contributed by atoms with Gasteiger partial charge < -0.3 is 5.11 Å².